The van der Waals surface area contributed by atoms with Gasteiger partial charge in [0.15, 0.2) is 0 Å². The van der Waals surface area contributed by atoms with Gasteiger partial charge in [0.2, 0.25) is 5.91 Å². The summed E-state index contributed by atoms with van der Waals surface area (Å²) in [4.78, 5) is 29.7. The first-order valence-corrected chi connectivity index (χ1v) is 9.01. The molecule has 0 saturated heterocycles. The molecule has 3 heterocycles. The van der Waals surface area contributed by atoms with Crippen molar-refractivity contribution in [1.82, 2.24) is 14.8 Å². The molecule has 27 heavy (non-hydrogen) atoms. The maximum absolute atomic E-state index is 13.9. The molecular weight excluding hydrogens is 347 g/mol. The van der Waals surface area contributed by atoms with Crippen LogP contribution in [0.5, 0.6) is 0 Å². The Kier molecular flexibility index (Phi) is 4.09. The summed E-state index contributed by atoms with van der Waals surface area (Å²) in [5.74, 6) is -0.367. The third kappa shape index (κ3) is 2.74. The summed E-state index contributed by atoms with van der Waals surface area (Å²) in [6, 6.07) is 4.81. The Bertz CT molecular complexity index is 1130. The first-order chi connectivity index (χ1) is 12.9. The van der Waals surface area contributed by atoms with Gasteiger partial charge in [-0.25, -0.2) is 4.39 Å². The Balaban J connectivity index is 1.60. The predicted molar refractivity (Wildman–Crippen MR) is 102 cm³/mol. The number of hydrogen-bond acceptors (Lipinski definition) is 3. The van der Waals surface area contributed by atoms with Gasteiger partial charge in [-0.05, 0) is 44.4 Å². The fourth-order valence-corrected chi connectivity index (χ4v) is 4.07. The van der Waals surface area contributed by atoms with E-state index in [2.05, 4.69) is 10.1 Å². The highest BCUT2D eigenvalue weighted by molar-refractivity contribution is 5.95. The van der Waals surface area contributed by atoms with E-state index in [1.54, 1.807) is 28.8 Å². The Labute approximate surface area is 155 Å². The summed E-state index contributed by atoms with van der Waals surface area (Å²) in [5.41, 5.74) is 4.04. The number of fused-ring (bicyclic) bond motifs is 2. The summed E-state index contributed by atoms with van der Waals surface area (Å²) < 4.78 is 15.5. The number of anilines is 1. The van der Waals surface area contributed by atoms with Crippen molar-refractivity contribution < 1.29 is 9.18 Å². The number of aromatic nitrogens is 3. The van der Waals surface area contributed by atoms with Crippen LogP contribution in [0.2, 0.25) is 0 Å². The van der Waals surface area contributed by atoms with Crippen LogP contribution in [-0.4, -0.2) is 27.2 Å². The van der Waals surface area contributed by atoms with Gasteiger partial charge < -0.3 is 9.88 Å². The summed E-state index contributed by atoms with van der Waals surface area (Å²) in [5, 5.41) is 5.28. The van der Waals surface area contributed by atoms with Crippen molar-refractivity contribution in [2.24, 2.45) is 7.05 Å². The molecule has 0 fully saturated rings. The van der Waals surface area contributed by atoms with E-state index in [1.807, 2.05) is 13.8 Å². The number of carbonyl (C=O) groups is 1. The lowest BCUT2D eigenvalue weighted by atomic mass is 10.0. The minimum atomic E-state index is -0.271. The number of benzene rings is 1. The molecule has 1 amide bonds. The quantitative estimate of drug-likeness (QED) is 0.772. The molecular formula is C20H21FN4O2. The number of nitrogens with one attached hydrogen (secondary N) is 1. The van der Waals surface area contributed by atoms with Crippen LogP contribution < -0.4 is 10.5 Å². The van der Waals surface area contributed by atoms with E-state index in [-0.39, 0.29) is 23.7 Å². The lowest BCUT2D eigenvalue weighted by Crippen LogP contribution is -2.29. The van der Waals surface area contributed by atoms with Gasteiger partial charge in [0, 0.05) is 42.2 Å². The Hall–Kier alpha value is -2.96. The van der Waals surface area contributed by atoms with Crippen LogP contribution in [0.3, 0.4) is 0 Å². The van der Waals surface area contributed by atoms with Crippen molar-refractivity contribution in [3.8, 4) is 0 Å². The second kappa shape index (κ2) is 6.33. The number of carbonyl (C=O) groups excluding carboxylic acids is 1. The van der Waals surface area contributed by atoms with Crippen LogP contribution in [0.1, 0.15) is 28.8 Å². The molecule has 4 rings (SSSR count). The van der Waals surface area contributed by atoms with Crippen LogP contribution in [0.15, 0.2) is 23.0 Å². The van der Waals surface area contributed by atoms with E-state index >= 15 is 0 Å². The highest BCUT2D eigenvalue weighted by Gasteiger charge is 2.27. The molecule has 0 saturated carbocycles. The van der Waals surface area contributed by atoms with Crippen molar-refractivity contribution in [2.75, 3.05) is 11.4 Å². The van der Waals surface area contributed by atoms with Crippen LogP contribution >= 0.6 is 0 Å². The average Bonchev–Trinajstić information content (AvgIpc) is 3.17. The topological polar surface area (TPSA) is 71.0 Å². The van der Waals surface area contributed by atoms with Gasteiger partial charge in [0.25, 0.3) is 5.56 Å². The van der Waals surface area contributed by atoms with Gasteiger partial charge in [0.05, 0.1) is 5.69 Å². The van der Waals surface area contributed by atoms with Gasteiger partial charge in [0.1, 0.15) is 11.5 Å². The molecule has 0 aliphatic carbocycles. The molecule has 2 aromatic heterocycles. The number of hydrogen-bond donors (Lipinski definition) is 1. The van der Waals surface area contributed by atoms with Gasteiger partial charge in [-0.15, -0.1) is 0 Å². The van der Waals surface area contributed by atoms with E-state index in [0.29, 0.717) is 41.8 Å². The molecule has 1 aromatic carbocycles. The Morgan fingerprint density at radius 2 is 2.11 bits per heavy atom. The maximum Gasteiger partial charge on any atom is 0.253 e. The normalized spacial score (nSPS) is 13.4. The van der Waals surface area contributed by atoms with E-state index in [4.69, 9.17) is 0 Å². The molecule has 0 bridgehead atoms. The van der Waals surface area contributed by atoms with Crippen LogP contribution in [-0.2, 0) is 24.7 Å². The Morgan fingerprint density at radius 3 is 2.89 bits per heavy atom. The number of aryl methyl sites for hydroxylation is 3. The zero-order chi connectivity index (χ0) is 19.3. The molecule has 1 aliphatic heterocycles. The van der Waals surface area contributed by atoms with Crippen molar-refractivity contribution in [1.29, 1.82) is 0 Å². The molecule has 1 N–H and O–H groups in total. The highest BCUT2D eigenvalue weighted by atomic mass is 19.1. The fourth-order valence-electron chi connectivity index (χ4n) is 4.07. The number of amides is 1. The molecule has 7 heteroatoms. The molecule has 1 aliphatic rings. The van der Waals surface area contributed by atoms with Gasteiger partial charge in [-0.1, -0.05) is 6.07 Å². The summed E-state index contributed by atoms with van der Waals surface area (Å²) in [6.07, 6.45) is 1.06. The number of pyridine rings is 1. The second-order valence-corrected chi connectivity index (χ2v) is 7.02. The average molecular weight is 368 g/mol. The molecule has 0 atom stereocenters. The highest BCUT2D eigenvalue weighted by Crippen LogP contribution is 2.30. The Morgan fingerprint density at radius 1 is 1.33 bits per heavy atom. The third-order valence-electron chi connectivity index (χ3n) is 5.42. The zero-order valence-electron chi connectivity index (χ0n) is 15.6. The largest absolute Gasteiger partial charge is 0.312 e. The van der Waals surface area contributed by atoms with E-state index in [1.165, 1.54) is 6.07 Å². The minimum Gasteiger partial charge on any atom is -0.312 e. The lowest BCUT2D eigenvalue weighted by molar-refractivity contribution is -0.118. The van der Waals surface area contributed by atoms with Crippen molar-refractivity contribution in [2.45, 2.75) is 33.1 Å². The first kappa shape index (κ1) is 17.5. The minimum absolute atomic E-state index is 0.0962. The summed E-state index contributed by atoms with van der Waals surface area (Å²) in [6.45, 7) is 4.27. The number of nitrogens with zero attached hydrogens (tertiary/aromatic N) is 3. The zero-order valence-corrected chi connectivity index (χ0v) is 15.6. The molecule has 0 spiro atoms. The number of halogens is 1. The smallest absolute Gasteiger partial charge is 0.253 e. The standard InChI is InChI=1S/C20H21FN4O2/c1-11-13(20(27)22-19-18(11)12(2)23-24(19)3)7-8-17(26)25-10-9-14-15(21)5-4-6-16(14)25/h4-6H,7-10H2,1-3H3,(H,22,27). The molecule has 0 radical (unpaired) electrons. The van der Waals surface area contributed by atoms with Crippen LogP contribution in [0.25, 0.3) is 11.0 Å². The van der Waals surface area contributed by atoms with E-state index in [9.17, 15) is 14.0 Å². The van der Waals surface area contributed by atoms with E-state index in [0.717, 1.165) is 16.6 Å². The van der Waals surface area contributed by atoms with Crippen molar-refractivity contribution in [3.63, 3.8) is 0 Å². The number of rotatable bonds is 3. The fraction of sp³-hybridized carbons (Fsp3) is 0.350. The summed E-state index contributed by atoms with van der Waals surface area (Å²) in [7, 11) is 1.79. The van der Waals surface area contributed by atoms with Gasteiger partial charge in [-0.2, -0.15) is 5.10 Å². The lowest BCUT2D eigenvalue weighted by Gasteiger charge is -2.17. The number of H-pyrrole nitrogens is 1. The van der Waals surface area contributed by atoms with Crippen LogP contribution in [0.4, 0.5) is 10.1 Å². The molecule has 3 aromatic rings. The maximum atomic E-state index is 13.9. The monoisotopic (exact) mass is 368 g/mol. The second-order valence-electron chi connectivity index (χ2n) is 7.02. The van der Waals surface area contributed by atoms with Crippen molar-refractivity contribution >= 4 is 22.6 Å². The predicted octanol–water partition coefficient (Wildman–Crippen LogP) is 2.54. The van der Waals surface area contributed by atoms with Crippen molar-refractivity contribution in [3.05, 3.63) is 56.8 Å². The van der Waals surface area contributed by atoms with E-state index < -0.39 is 0 Å². The van der Waals surface area contributed by atoms with Gasteiger partial charge >= 0.3 is 0 Å². The SMILES string of the molecule is Cc1nn(C)c2[nH]c(=O)c(CCC(=O)N3CCc4c(F)cccc43)c(C)c12. The number of aromatic amines is 1. The van der Waals surface area contributed by atoms with Crippen LogP contribution in [0, 0.1) is 19.7 Å². The molecule has 140 valence electrons. The summed E-state index contributed by atoms with van der Waals surface area (Å²) >= 11 is 0. The molecule has 0 unspecified atom stereocenters. The van der Waals surface area contributed by atoms with Gasteiger partial charge in [-0.3, -0.25) is 14.3 Å². The third-order valence-corrected chi connectivity index (χ3v) is 5.42. The first-order valence-electron chi connectivity index (χ1n) is 9.01. The molecule has 6 nitrogen and oxygen atoms in total.